The number of carbonyl (C=O) groups is 1. The van der Waals surface area contributed by atoms with E-state index in [2.05, 4.69) is 18.3 Å². The van der Waals surface area contributed by atoms with Gasteiger partial charge in [0.15, 0.2) is 0 Å². The molecule has 1 rings (SSSR count). The zero-order valence-corrected chi connectivity index (χ0v) is 11.7. The molecule has 0 aliphatic heterocycles. The second-order valence-electron chi connectivity index (χ2n) is 4.89. The van der Waals surface area contributed by atoms with E-state index in [1.54, 1.807) is 0 Å². The number of thioether (sulfide) groups is 1. The van der Waals surface area contributed by atoms with Crippen molar-refractivity contribution in [1.82, 2.24) is 5.32 Å². The van der Waals surface area contributed by atoms with Crippen molar-refractivity contribution < 1.29 is 4.79 Å². The van der Waals surface area contributed by atoms with E-state index in [4.69, 9.17) is 5.26 Å². The predicted molar refractivity (Wildman–Crippen MR) is 71.6 cm³/mol. The Kier molecular flexibility index (Phi) is 5.84. The maximum atomic E-state index is 12.0. The van der Waals surface area contributed by atoms with Gasteiger partial charge in [-0.05, 0) is 24.5 Å². The van der Waals surface area contributed by atoms with Crippen LogP contribution in [-0.4, -0.2) is 23.0 Å². The average Bonchev–Trinajstić information content (AvgIpc) is 2.66. The lowest BCUT2D eigenvalue weighted by atomic mass is 9.96. The van der Waals surface area contributed by atoms with Gasteiger partial charge in [-0.1, -0.05) is 27.2 Å². The molecule has 1 amide bonds. The normalized spacial score (nSPS) is 25.6. The summed E-state index contributed by atoms with van der Waals surface area (Å²) in [5.41, 5.74) is 0. The van der Waals surface area contributed by atoms with E-state index < -0.39 is 5.92 Å². The molecule has 0 saturated heterocycles. The van der Waals surface area contributed by atoms with Crippen LogP contribution in [0.2, 0.25) is 0 Å². The van der Waals surface area contributed by atoms with Gasteiger partial charge >= 0.3 is 0 Å². The van der Waals surface area contributed by atoms with Crippen molar-refractivity contribution in [2.75, 3.05) is 5.75 Å². The molecule has 3 nitrogen and oxygen atoms in total. The smallest absolute Gasteiger partial charge is 0.237 e. The first-order valence-corrected chi connectivity index (χ1v) is 7.46. The maximum Gasteiger partial charge on any atom is 0.237 e. The molecule has 96 valence electrons. The first-order chi connectivity index (χ1) is 8.10. The van der Waals surface area contributed by atoms with Gasteiger partial charge in [-0.3, -0.25) is 4.79 Å². The topological polar surface area (TPSA) is 52.9 Å². The van der Waals surface area contributed by atoms with Gasteiger partial charge < -0.3 is 5.32 Å². The lowest BCUT2D eigenvalue weighted by Crippen LogP contribution is -2.43. The molecule has 3 unspecified atom stereocenters. The van der Waals surface area contributed by atoms with Crippen LogP contribution in [0.1, 0.15) is 40.0 Å². The van der Waals surface area contributed by atoms with E-state index in [-0.39, 0.29) is 17.9 Å². The van der Waals surface area contributed by atoms with E-state index >= 15 is 0 Å². The molecule has 0 aromatic heterocycles. The molecule has 17 heavy (non-hydrogen) atoms. The molecule has 0 spiro atoms. The van der Waals surface area contributed by atoms with Gasteiger partial charge in [0.1, 0.15) is 5.92 Å². The summed E-state index contributed by atoms with van der Waals surface area (Å²) >= 11 is 1.92. The summed E-state index contributed by atoms with van der Waals surface area (Å²) in [4.78, 5) is 12.0. The molecule has 0 radical (unpaired) electrons. The van der Waals surface area contributed by atoms with Crippen LogP contribution in [0.3, 0.4) is 0 Å². The van der Waals surface area contributed by atoms with Gasteiger partial charge in [0.05, 0.1) is 6.07 Å². The van der Waals surface area contributed by atoms with E-state index in [9.17, 15) is 4.79 Å². The highest BCUT2D eigenvalue weighted by molar-refractivity contribution is 7.99. The van der Waals surface area contributed by atoms with Crippen molar-refractivity contribution in [3.63, 3.8) is 0 Å². The standard InChI is InChI=1S/C13H22N2OS/c1-4-17-12-7-5-6-11(12)15-13(16)10(8-14)9(2)3/h9-12H,4-7H2,1-3H3,(H,15,16). The van der Waals surface area contributed by atoms with Gasteiger partial charge in [0.2, 0.25) is 5.91 Å². The Balaban J connectivity index is 2.53. The third kappa shape index (κ3) is 3.92. The summed E-state index contributed by atoms with van der Waals surface area (Å²) in [6.45, 7) is 5.98. The van der Waals surface area contributed by atoms with E-state index in [1.165, 1.54) is 12.8 Å². The van der Waals surface area contributed by atoms with E-state index in [0.29, 0.717) is 5.25 Å². The summed E-state index contributed by atoms with van der Waals surface area (Å²) < 4.78 is 0. The first-order valence-electron chi connectivity index (χ1n) is 6.41. The Morgan fingerprint density at radius 1 is 1.53 bits per heavy atom. The summed E-state index contributed by atoms with van der Waals surface area (Å²) in [6.07, 6.45) is 3.42. The number of rotatable bonds is 5. The molecular weight excluding hydrogens is 232 g/mol. The Labute approximate surface area is 108 Å². The fourth-order valence-corrected chi connectivity index (χ4v) is 3.49. The van der Waals surface area contributed by atoms with Gasteiger partial charge in [-0.15, -0.1) is 0 Å². The summed E-state index contributed by atoms with van der Waals surface area (Å²) in [5, 5.41) is 12.6. The van der Waals surface area contributed by atoms with Crippen molar-refractivity contribution in [1.29, 1.82) is 5.26 Å². The van der Waals surface area contributed by atoms with Crippen LogP contribution in [-0.2, 0) is 4.79 Å². The van der Waals surface area contributed by atoms with Crippen molar-refractivity contribution in [3.05, 3.63) is 0 Å². The average molecular weight is 254 g/mol. The second kappa shape index (κ2) is 6.90. The Morgan fingerprint density at radius 2 is 2.24 bits per heavy atom. The predicted octanol–water partition coefficient (Wildman–Crippen LogP) is 2.57. The minimum absolute atomic E-state index is 0.0821. The Morgan fingerprint density at radius 3 is 2.76 bits per heavy atom. The van der Waals surface area contributed by atoms with Crippen LogP contribution in [0.15, 0.2) is 0 Å². The fraction of sp³-hybridized carbons (Fsp3) is 0.846. The van der Waals surface area contributed by atoms with Gasteiger partial charge in [0.25, 0.3) is 0 Å². The first kappa shape index (κ1) is 14.4. The molecular formula is C13H22N2OS. The zero-order chi connectivity index (χ0) is 12.8. The number of nitriles is 1. The molecule has 1 fully saturated rings. The third-order valence-electron chi connectivity index (χ3n) is 3.25. The van der Waals surface area contributed by atoms with Gasteiger partial charge in [0, 0.05) is 11.3 Å². The van der Waals surface area contributed by atoms with E-state index in [1.807, 2.05) is 25.6 Å². The lowest BCUT2D eigenvalue weighted by Gasteiger charge is -2.22. The van der Waals surface area contributed by atoms with Crippen LogP contribution in [0.25, 0.3) is 0 Å². The monoisotopic (exact) mass is 254 g/mol. The molecule has 0 bridgehead atoms. The number of nitrogens with one attached hydrogen (secondary N) is 1. The van der Waals surface area contributed by atoms with Gasteiger partial charge in [-0.2, -0.15) is 17.0 Å². The molecule has 3 atom stereocenters. The quantitative estimate of drug-likeness (QED) is 0.820. The molecule has 1 N–H and O–H groups in total. The highest BCUT2D eigenvalue weighted by Gasteiger charge is 2.31. The van der Waals surface area contributed by atoms with Crippen molar-refractivity contribution in [2.45, 2.75) is 51.3 Å². The molecule has 4 heteroatoms. The molecule has 1 saturated carbocycles. The van der Waals surface area contributed by atoms with Crippen molar-refractivity contribution >= 4 is 17.7 Å². The highest BCUT2D eigenvalue weighted by Crippen LogP contribution is 2.30. The maximum absolute atomic E-state index is 12.0. The fourth-order valence-electron chi connectivity index (χ4n) is 2.29. The number of hydrogen-bond acceptors (Lipinski definition) is 3. The summed E-state index contributed by atoms with van der Waals surface area (Å²) in [5.74, 6) is 0.570. The molecule has 0 aromatic rings. The SMILES string of the molecule is CCSC1CCCC1NC(=O)C(C#N)C(C)C. The minimum Gasteiger partial charge on any atom is -0.351 e. The second-order valence-corrected chi connectivity index (χ2v) is 6.41. The Bertz CT molecular complexity index is 298. The van der Waals surface area contributed by atoms with Crippen LogP contribution in [0.4, 0.5) is 0 Å². The lowest BCUT2D eigenvalue weighted by molar-refractivity contribution is -0.125. The largest absolute Gasteiger partial charge is 0.351 e. The zero-order valence-electron chi connectivity index (χ0n) is 10.9. The van der Waals surface area contributed by atoms with Crippen molar-refractivity contribution in [3.8, 4) is 6.07 Å². The van der Waals surface area contributed by atoms with Gasteiger partial charge in [-0.25, -0.2) is 0 Å². The number of carbonyl (C=O) groups excluding carboxylic acids is 1. The number of amides is 1. The minimum atomic E-state index is -0.511. The molecule has 1 aliphatic carbocycles. The number of nitrogens with zero attached hydrogens (tertiary/aromatic N) is 1. The summed E-state index contributed by atoms with van der Waals surface area (Å²) in [6, 6.07) is 2.37. The molecule has 0 heterocycles. The third-order valence-corrected chi connectivity index (χ3v) is 4.57. The van der Waals surface area contributed by atoms with Crippen molar-refractivity contribution in [2.24, 2.45) is 11.8 Å². The summed E-state index contributed by atoms with van der Waals surface area (Å²) in [7, 11) is 0. The van der Waals surface area contributed by atoms with Crippen LogP contribution >= 0.6 is 11.8 Å². The molecule has 1 aliphatic rings. The Hall–Kier alpha value is -0.690. The molecule has 0 aromatic carbocycles. The van der Waals surface area contributed by atoms with Crippen LogP contribution in [0, 0.1) is 23.2 Å². The van der Waals surface area contributed by atoms with E-state index in [0.717, 1.165) is 12.2 Å². The van der Waals surface area contributed by atoms with Crippen LogP contribution < -0.4 is 5.32 Å². The van der Waals surface area contributed by atoms with Crippen LogP contribution in [0.5, 0.6) is 0 Å². The highest BCUT2D eigenvalue weighted by atomic mass is 32.2. The number of hydrogen-bond donors (Lipinski definition) is 1.